The number of hydrogen-bond donors (Lipinski definition) is 1. The molecule has 34 heavy (non-hydrogen) atoms. The van der Waals surface area contributed by atoms with E-state index in [9.17, 15) is 14.0 Å². The van der Waals surface area contributed by atoms with E-state index < -0.39 is 0 Å². The number of amides is 2. The summed E-state index contributed by atoms with van der Waals surface area (Å²) >= 11 is 0. The molecule has 8 heteroatoms. The van der Waals surface area contributed by atoms with E-state index in [1.165, 1.54) is 12.1 Å². The Hall–Kier alpha value is -3.68. The Labute approximate surface area is 199 Å². The fraction of sp³-hybridized carbons (Fsp3) is 0.346. The smallest absolute Gasteiger partial charge is 0.246 e. The summed E-state index contributed by atoms with van der Waals surface area (Å²) < 4.78 is 20.4. The lowest BCUT2D eigenvalue weighted by molar-refractivity contribution is -0.138. The topological polar surface area (TPSA) is 76.5 Å². The lowest BCUT2D eigenvalue weighted by Crippen LogP contribution is -2.42. The Morgan fingerprint density at radius 1 is 1.06 bits per heavy atom. The average molecular weight is 467 g/mol. The molecular formula is C26H31FN4O3. The molecule has 180 valence electrons. The molecule has 0 saturated heterocycles. The molecule has 3 rings (SSSR count). The van der Waals surface area contributed by atoms with Gasteiger partial charge in [0, 0.05) is 29.9 Å². The highest BCUT2D eigenvalue weighted by molar-refractivity contribution is 5.94. The standard InChI is InChI=1S/C26H31FN4O3/c1-17(2)14-30(25(33)18(3)4)16-24(32)29-26-28-23(19-6-12-22(34-5)13-7-19)15-31(26)21-10-8-20(27)9-11-21/h6-13,15,17-18H,14,16H2,1-5H3,(H,28,29,32). The zero-order valence-corrected chi connectivity index (χ0v) is 20.2. The Morgan fingerprint density at radius 2 is 1.71 bits per heavy atom. The van der Waals surface area contributed by atoms with Crippen LogP contribution in [0.3, 0.4) is 0 Å². The molecule has 0 atom stereocenters. The molecule has 0 radical (unpaired) electrons. The number of carbonyl (C=O) groups is 2. The van der Waals surface area contributed by atoms with E-state index in [-0.39, 0.29) is 42.0 Å². The minimum atomic E-state index is -0.360. The number of nitrogens with one attached hydrogen (secondary N) is 1. The number of benzene rings is 2. The third-order valence-electron chi connectivity index (χ3n) is 5.17. The fourth-order valence-corrected chi connectivity index (χ4v) is 3.54. The first kappa shape index (κ1) is 25.0. The minimum absolute atomic E-state index is 0.0790. The first-order chi connectivity index (χ1) is 16.2. The second-order valence-corrected chi connectivity index (χ2v) is 8.84. The number of imidazole rings is 1. The van der Waals surface area contributed by atoms with Gasteiger partial charge in [-0.15, -0.1) is 0 Å². The largest absolute Gasteiger partial charge is 0.497 e. The molecule has 2 aromatic carbocycles. The van der Waals surface area contributed by atoms with Gasteiger partial charge in [-0.1, -0.05) is 27.7 Å². The van der Waals surface area contributed by atoms with Crippen LogP contribution in [-0.4, -0.2) is 46.5 Å². The number of nitrogens with zero attached hydrogens (tertiary/aromatic N) is 3. The predicted molar refractivity (Wildman–Crippen MR) is 130 cm³/mol. The van der Waals surface area contributed by atoms with Gasteiger partial charge < -0.3 is 9.64 Å². The third kappa shape index (κ3) is 6.21. The minimum Gasteiger partial charge on any atom is -0.497 e. The molecule has 0 aliphatic heterocycles. The summed E-state index contributed by atoms with van der Waals surface area (Å²) in [7, 11) is 1.60. The van der Waals surface area contributed by atoms with Crippen LogP contribution in [0.25, 0.3) is 16.9 Å². The molecule has 0 unspecified atom stereocenters. The van der Waals surface area contributed by atoms with Crippen LogP contribution >= 0.6 is 0 Å². The second kappa shape index (κ2) is 11.0. The predicted octanol–water partition coefficient (Wildman–Crippen LogP) is 4.77. The maximum atomic E-state index is 13.5. The number of methoxy groups -OCH3 is 1. The van der Waals surface area contributed by atoms with Gasteiger partial charge in [-0.3, -0.25) is 19.5 Å². The fourth-order valence-electron chi connectivity index (χ4n) is 3.54. The Balaban J connectivity index is 1.91. The monoisotopic (exact) mass is 466 g/mol. The van der Waals surface area contributed by atoms with Crippen LogP contribution < -0.4 is 10.1 Å². The summed E-state index contributed by atoms with van der Waals surface area (Å²) in [5.41, 5.74) is 2.09. The van der Waals surface area contributed by atoms with Crippen molar-refractivity contribution in [1.29, 1.82) is 0 Å². The molecule has 2 amide bonds. The van der Waals surface area contributed by atoms with Crippen molar-refractivity contribution in [3.63, 3.8) is 0 Å². The highest BCUT2D eigenvalue weighted by Crippen LogP contribution is 2.26. The summed E-state index contributed by atoms with van der Waals surface area (Å²) in [5, 5.41) is 2.83. The lowest BCUT2D eigenvalue weighted by atomic mass is 10.1. The molecule has 0 aliphatic carbocycles. The second-order valence-electron chi connectivity index (χ2n) is 8.84. The average Bonchev–Trinajstić information content (AvgIpc) is 3.21. The Bertz CT molecular complexity index is 1120. The number of anilines is 1. The number of hydrogen-bond acceptors (Lipinski definition) is 4. The van der Waals surface area contributed by atoms with Crippen molar-refractivity contribution in [2.45, 2.75) is 27.7 Å². The van der Waals surface area contributed by atoms with Gasteiger partial charge >= 0.3 is 0 Å². The number of carbonyl (C=O) groups excluding carboxylic acids is 2. The van der Waals surface area contributed by atoms with E-state index >= 15 is 0 Å². The van der Waals surface area contributed by atoms with E-state index in [2.05, 4.69) is 10.3 Å². The molecule has 1 N–H and O–H groups in total. The summed E-state index contributed by atoms with van der Waals surface area (Å²) in [5.74, 6) is 0.211. The van der Waals surface area contributed by atoms with Crippen LogP contribution in [0.4, 0.5) is 10.3 Å². The van der Waals surface area contributed by atoms with Gasteiger partial charge in [-0.25, -0.2) is 9.37 Å². The van der Waals surface area contributed by atoms with E-state index in [0.29, 0.717) is 17.9 Å². The summed E-state index contributed by atoms with van der Waals surface area (Å²) in [6.45, 7) is 8.03. The van der Waals surface area contributed by atoms with Gasteiger partial charge in [0.2, 0.25) is 17.8 Å². The van der Waals surface area contributed by atoms with Crippen molar-refractivity contribution in [2.24, 2.45) is 11.8 Å². The Kier molecular flexibility index (Phi) is 8.04. The highest BCUT2D eigenvalue weighted by Gasteiger charge is 2.22. The molecule has 3 aromatic rings. The number of rotatable bonds is 9. The zero-order valence-electron chi connectivity index (χ0n) is 20.2. The SMILES string of the molecule is COc1ccc(-c2cn(-c3ccc(F)cc3)c(NC(=O)CN(CC(C)C)C(=O)C(C)C)n2)cc1. The van der Waals surface area contributed by atoms with Crippen LogP contribution in [0.2, 0.25) is 0 Å². The van der Waals surface area contributed by atoms with Crippen LogP contribution in [0.1, 0.15) is 27.7 Å². The molecule has 0 aliphatic rings. The van der Waals surface area contributed by atoms with Crippen LogP contribution in [0, 0.1) is 17.7 Å². The van der Waals surface area contributed by atoms with Gasteiger partial charge in [0.25, 0.3) is 0 Å². The molecule has 1 heterocycles. The number of aromatic nitrogens is 2. The molecular weight excluding hydrogens is 435 g/mol. The van der Waals surface area contributed by atoms with Crippen molar-refractivity contribution in [1.82, 2.24) is 14.5 Å². The quantitative estimate of drug-likeness (QED) is 0.493. The number of ether oxygens (including phenoxy) is 1. The van der Waals surface area contributed by atoms with Gasteiger partial charge in [-0.05, 0) is 54.4 Å². The maximum absolute atomic E-state index is 13.5. The molecule has 1 aromatic heterocycles. The van der Waals surface area contributed by atoms with Crippen molar-refractivity contribution in [2.75, 3.05) is 25.5 Å². The molecule has 0 spiro atoms. The van der Waals surface area contributed by atoms with Crippen LogP contribution in [0.5, 0.6) is 5.75 Å². The zero-order chi connectivity index (χ0) is 24.8. The number of halogens is 1. The lowest BCUT2D eigenvalue weighted by Gasteiger charge is -2.25. The van der Waals surface area contributed by atoms with Crippen LogP contribution in [-0.2, 0) is 9.59 Å². The molecule has 0 bridgehead atoms. The maximum Gasteiger partial charge on any atom is 0.246 e. The molecule has 0 saturated carbocycles. The van der Waals surface area contributed by atoms with Gasteiger partial charge in [0.15, 0.2) is 0 Å². The van der Waals surface area contributed by atoms with Gasteiger partial charge in [-0.2, -0.15) is 0 Å². The first-order valence-corrected chi connectivity index (χ1v) is 11.3. The van der Waals surface area contributed by atoms with E-state index in [4.69, 9.17) is 4.74 Å². The Morgan fingerprint density at radius 3 is 2.26 bits per heavy atom. The van der Waals surface area contributed by atoms with Gasteiger partial charge in [0.1, 0.15) is 11.6 Å². The van der Waals surface area contributed by atoms with Crippen molar-refractivity contribution < 1.29 is 18.7 Å². The summed E-state index contributed by atoms with van der Waals surface area (Å²) in [6, 6.07) is 13.3. The van der Waals surface area contributed by atoms with Crippen LogP contribution in [0.15, 0.2) is 54.7 Å². The van der Waals surface area contributed by atoms with E-state index in [1.807, 2.05) is 52.0 Å². The third-order valence-corrected chi connectivity index (χ3v) is 5.17. The first-order valence-electron chi connectivity index (χ1n) is 11.3. The van der Waals surface area contributed by atoms with E-state index in [0.717, 1.165) is 11.3 Å². The molecule has 7 nitrogen and oxygen atoms in total. The van der Waals surface area contributed by atoms with Crippen molar-refractivity contribution >= 4 is 17.8 Å². The van der Waals surface area contributed by atoms with Crippen molar-refractivity contribution in [3.05, 3.63) is 60.5 Å². The summed E-state index contributed by atoms with van der Waals surface area (Å²) in [6.07, 6.45) is 1.77. The van der Waals surface area contributed by atoms with Crippen molar-refractivity contribution in [3.8, 4) is 22.7 Å². The van der Waals surface area contributed by atoms with Gasteiger partial charge in [0.05, 0.1) is 19.3 Å². The summed E-state index contributed by atoms with van der Waals surface area (Å²) in [4.78, 5) is 31.8. The normalized spacial score (nSPS) is 11.1. The molecule has 0 fully saturated rings. The van der Waals surface area contributed by atoms with E-state index in [1.54, 1.807) is 34.9 Å². The highest BCUT2D eigenvalue weighted by atomic mass is 19.1.